The quantitative estimate of drug-likeness (QED) is 0.0665. The van der Waals surface area contributed by atoms with E-state index in [2.05, 4.69) is 40.7 Å². The summed E-state index contributed by atoms with van der Waals surface area (Å²) >= 11 is 0. The molecule has 0 spiro atoms. The van der Waals surface area contributed by atoms with E-state index in [0.29, 0.717) is 93.0 Å². The number of nitrogens with one attached hydrogen (secondary N) is 3. The number of amides is 4. The SMILES string of the molecule is NCc1ncc(-c2cccc(NC(=O)N3c4nc(-c5cccc(C(F)(F)F)c5)ccc4N4CC[C@H]3C4)c2)o1.O=C(CNCc1ncc(-c2cccc(NC(=O)N3c4nc(-c5cccc(C(F)(F)F)c5)ccc4N4CC[C@H]3C4)c2)o1)c1ccccc1. The fraction of sp³-hybridized carbons (Fsp3) is 0.210. The van der Waals surface area contributed by atoms with E-state index in [1.165, 1.54) is 12.1 Å². The van der Waals surface area contributed by atoms with Crippen molar-refractivity contribution in [3.8, 4) is 45.2 Å². The van der Waals surface area contributed by atoms with Crippen molar-refractivity contribution in [2.45, 2.75) is 50.4 Å². The summed E-state index contributed by atoms with van der Waals surface area (Å²) in [4.78, 5) is 65.1. The molecule has 8 heterocycles. The molecule has 5 aromatic carbocycles. The van der Waals surface area contributed by atoms with Crippen LogP contribution >= 0.6 is 0 Å². The zero-order valence-corrected chi connectivity index (χ0v) is 45.1. The van der Waals surface area contributed by atoms with Gasteiger partial charge in [-0.05, 0) is 85.6 Å². The second-order valence-corrected chi connectivity index (χ2v) is 20.6. The molecule has 4 aromatic heterocycles. The van der Waals surface area contributed by atoms with Crippen LogP contribution in [0.4, 0.5) is 70.3 Å². The van der Waals surface area contributed by atoms with E-state index in [4.69, 9.17) is 19.6 Å². The number of anilines is 6. The van der Waals surface area contributed by atoms with Crippen LogP contribution in [0.5, 0.6) is 0 Å². The number of ketones is 1. The zero-order chi connectivity index (χ0) is 59.0. The lowest BCUT2D eigenvalue weighted by molar-refractivity contribution is -0.138. The van der Waals surface area contributed by atoms with Crippen molar-refractivity contribution in [3.63, 3.8) is 0 Å². The van der Waals surface area contributed by atoms with Crippen LogP contribution in [0.1, 0.15) is 46.1 Å². The standard InChI is InChI=1S/C35H29F3N6O3.C27H23F3N6O2/c36-35(37,38)25-10-4-8-23(16-25)28-12-13-29-33(42-28)44(27-14-15-43(29)21-27)34(46)41-26-11-5-9-24(17-26)31-19-40-32(47-31)20-39-18-30(45)22-6-2-1-3-7-22;28-27(29,30)18-5-1-3-16(11-18)21-7-8-22-25(34-21)36(20-9-10-35(22)15-20)26(37)33-19-6-2-4-17(12-19)23-14-32-24(13-31)38-23/h1-13,16-17,19,27,39H,14-15,18,20-21H2,(H,41,46);1-8,11-12,14,20H,9-10,13,15,31H2,(H,33,37)/t27-;20-/m00/s1. The molecule has 0 aliphatic carbocycles. The fourth-order valence-corrected chi connectivity index (χ4v) is 10.9. The van der Waals surface area contributed by atoms with Crippen LogP contribution in [0.2, 0.25) is 0 Å². The maximum Gasteiger partial charge on any atom is 0.416 e. The first kappa shape index (κ1) is 55.7. The van der Waals surface area contributed by atoms with Gasteiger partial charge < -0.3 is 40.3 Å². The Morgan fingerprint density at radius 2 is 1.02 bits per heavy atom. The number of oxazole rings is 2. The summed E-state index contributed by atoms with van der Waals surface area (Å²) in [5.41, 5.74) is 10.1. The molecule has 5 N–H and O–H groups in total. The molecule has 2 saturated heterocycles. The van der Waals surface area contributed by atoms with E-state index in [-0.39, 0.29) is 43.5 Å². The van der Waals surface area contributed by atoms with Crippen molar-refractivity contribution in [2.75, 3.05) is 63.0 Å². The van der Waals surface area contributed by atoms with Gasteiger partial charge in [-0.1, -0.05) is 78.9 Å². The van der Waals surface area contributed by atoms with Crippen molar-refractivity contribution in [2.24, 2.45) is 5.73 Å². The van der Waals surface area contributed by atoms with E-state index in [0.717, 1.165) is 67.1 Å². The van der Waals surface area contributed by atoms with Gasteiger partial charge in [0, 0.05) is 65.4 Å². The Balaban J connectivity index is 0.000000171. The highest BCUT2D eigenvalue weighted by molar-refractivity contribution is 6.06. The number of benzene rings is 5. The summed E-state index contributed by atoms with van der Waals surface area (Å²) in [6.07, 6.45) is -4.30. The molecule has 4 aliphatic heterocycles. The number of nitrogens with two attached hydrogens (primary N) is 1. The molecule has 4 bridgehead atoms. The molecule has 0 saturated carbocycles. The second-order valence-electron chi connectivity index (χ2n) is 20.6. The maximum atomic E-state index is 13.8. The van der Waals surface area contributed by atoms with Crippen molar-refractivity contribution in [1.82, 2.24) is 25.3 Å². The molecule has 9 aromatic rings. The summed E-state index contributed by atoms with van der Waals surface area (Å²) < 4.78 is 91.6. The lowest BCUT2D eigenvalue weighted by Gasteiger charge is -2.36. The molecule has 2 atom stereocenters. The van der Waals surface area contributed by atoms with Crippen molar-refractivity contribution >= 4 is 52.2 Å². The maximum absolute atomic E-state index is 13.8. The van der Waals surface area contributed by atoms with Gasteiger partial charge in [0.2, 0.25) is 11.8 Å². The highest BCUT2D eigenvalue weighted by Gasteiger charge is 2.42. The number of rotatable bonds is 12. The minimum absolute atomic E-state index is 0.0375. The van der Waals surface area contributed by atoms with E-state index in [1.807, 2.05) is 42.5 Å². The van der Waals surface area contributed by atoms with Gasteiger partial charge in [-0.2, -0.15) is 26.3 Å². The van der Waals surface area contributed by atoms with E-state index >= 15 is 0 Å². The Morgan fingerprint density at radius 3 is 1.51 bits per heavy atom. The van der Waals surface area contributed by atoms with Crippen LogP contribution in [0.3, 0.4) is 0 Å². The number of nitrogens with zero attached hydrogens (tertiary/aromatic N) is 8. The fourth-order valence-electron chi connectivity index (χ4n) is 10.9. The Hall–Kier alpha value is -9.87. The average molecular weight is 1160 g/mol. The average Bonchev–Trinajstić information content (AvgIpc) is 2.83. The topological polar surface area (TPSA) is 204 Å². The number of hydrogen-bond acceptors (Lipinski definition) is 13. The summed E-state index contributed by atoms with van der Waals surface area (Å²) in [5.74, 6) is 2.63. The third-order valence-electron chi connectivity index (χ3n) is 15.0. The molecule has 13 rings (SSSR count). The Kier molecular flexibility index (Phi) is 15.1. The number of alkyl halides is 6. The molecule has 0 unspecified atom stereocenters. The predicted octanol–water partition coefficient (Wildman–Crippen LogP) is 12.5. The molecule has 2 fully saturated rings. The molecule has 17 nitrogen and oxygen atoms in total. The number of urea groups is 2. The van der Waals surface area contributed by atoms with Gasteiger partial charge in [-0.3, -0.25) is 14.6 Å². The van der Waals surface area contributed by atoms with Gasteiger partial charge in [0.25, 0.3) is 0 Å². The van der Waals surface area contributed by atoms with Crippen molar-refractivity contribution < 1.29 is 49.6 Å². The van der Waals surface area contributed by atoms with Gasteiger partial charge in [-0.25, -0.2) is 29.5 Å². The van der Waals surface area contributed by atoms with Crippen LogP contribution in [0, 0.1) is 0 Å². The number of halogens is 6. The highest BCUT2D eigenvalue weighted by Crippen LogP contribution is 2.43. The molecule has 0 radical (unpaired) electrons. The Bertz CT molecular complexity index is 3970. The zero-order valence-electron chi connectivity index (χ0n) is 45.1. The molecule has 4 aliphatic rings. The number of aromatic nitrogens is 4. The summed E-state index contributed by atoms with van der Waals surface area (Å²) in [7, 11) is 0. The van der Waals surface area contributed by atoms with Crippen LogP contribution in [-0.2, 0) is 25.4 Å². The summed E-state index contributed by atoms with van der Waals surface area (Å²) in [6.45, 7) is 3.37. The smallest absolute Gasteiger partial charge is 0.416 e. The van der Waals surface area contributed by atoms with E-state index in [1.54, 1.807) is 95.0 Å². The molecular formula is C62H52F6N12O5. The molecule has 85 heavy (non-hydrogen) atoms. The van der Waals surface area contributed by atoms with E-state index in [9.17, 15) is 40.7 Å². The van der Waals surface area contributed by atoms with Gasteiger partial charge in [-0.15, -0.1) is 0 Å². The Labute approximate surface area is 482 Å². The highest BCUT2D eigenvalue weighted by atomic mass is 19.4. The van der Waals surface area contributed by atoms with Gasteiger partial charge in [0.1, 0.15) is 0 Å². The molecule has 432 valence electrons. The van der Waals surface area contributed by atoms with Crippen LogP contribution < -0.4 is 41.3 Å². The predicted molar refractivity (Wildman–Crippen MR) is 308 cm³/mol. The number of hydrogen-bond donors (Lipinski definition) is 4. The molecule has 4 amide bonds. The normalized spacial score (nSPS) is 15.9. The first-order valence-electron chi connectivity index (χ1n) is 27.2. The van der Waals surface area contributed by atoms with E-state index < -0.39 is 29.5 Å². The second kappa shape index (κ2) is 23.1. The number of pyridine rings is 2. The molecule has 23 heteroatoms. The van der Waals surface area contributed by atoms with Crippen LogP contribution in [0.25, 0.3) is 45.2 Å². The first-order chi connectivity index (χ1) is 41.0. The minimum Gasteiger partial charge on any atom is -0.439 e. The Morgan fingerprint density at radius 1 is 0.553 bits per heavy atom. The third-order valence-corrected chi connectivity index (χ3v) is 15.0. The lowest BCUT2D eigenvalue weighted by Crippen LogP contribution is -2.48. The largest absolute Gasteiger partial charge is 0.439 e. The number of carbonyl (C=O) groups excluding carboxylic acids is 3. The summed E-state index contributed by atoms with van der Waals surface area (Å²) in [5, 5.41) is 8.97. The van der Waals surface area contributed by atoms with Crippen LogP contribution in [0.15, 0.2) is 173 Å². The first-order valence-corrected chi connectivity index (χ1v) is 27.2. The molecular weight excluding hydrogens is 1110 g/mol. The van der Waals surface area contributed by atoms with Gasteiger partial charge >= 0.3 is 24.4 Å². The van der Waals surface area contributed by atoms with Crippen LogP contribution in [-0.4, -0.2) is 82.6 Å². The monoisotopic (exact) mass is 1160 g/mol. The minimum atomic E-state index is -4.48. The van der Waals surface area contributed by atoms with Gasteiger partial charge in [0.05, 0.1) is 78.0 Å². The third kappa shape index (κ3) is 11.9. The van der Waals surface area contributed by atoms with Gasteiger partial charge in [0.15, 0.2) is 28.9 Å². The lowest BCUT2D eigenvalue weighted by atomic mass is 10.1. The number of Topliss-reactive ketones (excluding diaryl/α,β-unsaturated/α-hetero) is 1. The number of carbonyl (C=O) groups is 3. The van der Waals surface area contributed by atoms with Crippen molar-refractivity contribution in [1.29, 1.82) is 0 Å². The summed E-state index contributed by atoms with van der Waals surface area (Å²) in [6, 6.07) is 39.4. The number of fused-ring (bicyclic) bond motifs is 8. The van der Waals surface area contributed by atoms with Crippen molar-refractivity contribution in [3.05, 3.63) is 193 Å².